The third-order valence-corrected chi connectivity index (χ3v) is 4.71. The van der Waals surface area contributed by atoms with Gasteiger partial charge in [-0.3, -0.25) is 4.99 Å². The molecule has 3 nitrogen and oxygen atoms in total. The van der Waals surface area contributed by atoms with Gasteiger partial charge in [-0.1, -0.05) is 24.3 Å². The van der Waals surface area contributed by atoms with E-state index >= 15 is 0 Å². The Morgan fingerprint density at radius 3 is 2.55 bits per heavy atom. The fourth-order valence-corrected chi connectivity index (χ4v) is 2.97. The van der Waals surface area contributed by atoms with E-state index in [9.17, 15) is 0 Å². The van der Waals surface area contributed by atoms with Crippen LogP contribution in [0.4, 0.5) is 0 Å². The predicted octanol–water partition coefficient (Wildman–Crippen LogP) is 3.61. The van der Waals surface area contributed by atoms with E-state index in [4.69, 9.17) is 4.99 Å². The van der Waals surface area contributed by atoms with E-state index in [1.54, 1.807) is 0 Å². The standard InChI is InChI=1S/C18H27N3.HI/c1-3-19-17(20-12-15-8-9-15)21-13-18(10-11-18)16-7-5-4-6-14(16)2;/h4-7,15H,3,8-13H2,1-2H3,(H2,19,20,21);1H. The van der Waals surface area contributed by atoms with Gasteiger partial charge in [-0.15, -0.1) is 24.0 Å². The molecule has 0 aliphatic heterocycles. The molecule has 2 fully saturated rings. The van der Waals surface area contributed by atoms with E-state index in [-0.39, 0.29) is 24.0 Å². The first-order valence-electron chi connectivity index (χ1n) is 8.32. The number of hydrogen-bond acceptors (Lipinski definition) is 1. The van der Waals surface area contributed by atoms with Crippen LogP contribution in [0.25, 0.3) is 0 Å². The molecule has 3 rings (SSSR count). The monoisotopic (exact) mass is 413 g/mol. The van der Waals surface area contributed by atoms with E-state index in [2.05, 4.69) is 48.7 Å². The maximum atomic E-state index is 4.86. The summed E-state index contributed by atoms with van der Waals surface area (Å²) < 4.78 is 0. The quantitative estimate of drug-likeness (QED) is 0.425. The molecule has 2 N–H and O–H groups in total. The topological polar surface area (TPSA) is 36.4 Å². The summed E-state index contributed by atoms with van der Waals surface area (Å²) in [5, 5.41) is 6.86. The zero-order valence-electron chi connectivity index (χ0n) is 13.7. The van der Waals surface area contributed by atoms with E-state index < -0.39 is 0 Å². The lowest BCUT2D eigenvalue weighted by molar-refractivity contribution is 0.681. The minimum absolute atomic E-state index is 0. The van der Waals surface area contributed by atoms with Crippen molar-refractivity contribution in [3.63, 3.8) is 0 Å². The van der Waals surface area contributed by atoms with Crippen molar-refractivity contribution in [2.75, 3.05) is 19.6 Å². The molecule has 0 aromatic heterocycles. The van der Waals surface area contributed by atoms with Gasteiger partial charge in [0.15, 0.2) is 5.96 Å². The van der Waals surface area contributed by atoms with E-state index in [0.717, 1.165) is 31.5 Å². The molecule has 1 aromatic carbocycles. The largest absolute Gasteiger partial charge is 0.357 e. The van der Waals surface area contributed by atoms with Crippen LogP contribution < -0.4 is 10.6 Å². The third-order valence-electron chi connectivity index (χ3n) is 4.71. The molecular formula is C18H28IN3. The van der Waals surface area contributed by atoms with Gasteiger partial charge in [0.2, 0.25) is 0 Å². The summed E-state index contributed by atoms with van der Waals surface area (Å²) in [6.45, 7) is 7.24. The second-order valence-electron chi connectivity index (χ2n) is 6.61. The van der Waals surface area contributed by atoms with Crippen LogP contribution in [0.15, 0.2) is 29.3 Å². The Labute approximate surface area is 151 Å². The Morgan fingerprint density at radius 2 is 1.95 bits per heavy atom. The van der Waals surface area contributed by atoms with Gasteiger partial charge in [-0.05, 0) is 56.6 Å². The van der Waals surface area contributed by atoms with Gasteiger partial charge in [0.05, 0.1) is 6.54 Å². The number of guanidine groups is 1. The van der Waals surface area contributed by atoms with Crippen molar-refractivity contribution < 1.29 is 0 Å². The second kappa shape index (κ2) is 7.66. The van der Waals surface area contributed by atoms with Crippen LogP contribution in [0.5, 0.6) is 0 Å². The molecule has 0 bridgehead atoms. The van der Waals surface area contributed by atoms with E-state index in [1.165, 1.54) is 36.8 Å². The molecule has 1 aromatic rings. The van der Waals surface area contributed by atoms with Crippen LogP contribution in [0.1, 0.15) is 43.7 Å². The molecule has 122 valence electrons. The predicted molar refractivity (Wildman–Crippen MR) is 104 cm³/mol. The van der Waals surface area contributed by atoms with Gasteiger partial charge in [0.25, 0.3) is 0 Å². The lowest BCUT2D eigenvalue weighted by atomic mass is 9.92. The molecule has 0 saturated heterocycles. The first-order chi connectivity index (χ1) is 10.2. The Morgan fingerprint density at radius 1 is 1.23 bits per heavy atom. The maximum Gasteiger partial charge on any atom is 0.191 e. The Bertz CT molecular complexity index is 519. The average Bonchev–Trinajstić information content (AvgIpc) is 3.37. The summed E-state index contributed by atoms with van der Waals surface area (Å²) in [6, 6.07) is 8.78. The summed E-state index contributed by atoms with van der Waals surface area (Å²) in [5.74, 6) is 1.87. The zero-order chi connectivity index (χ0) is 14.7. The fraction of sp³-hybridized carbons (Fsp3) is 0.611. The normalized spacial score (nSPS) is 19.3. The fourth-order valence-electron chi connectivity index (χ4n) is 2.97. The molecule has 0 atom stereocenters. The summed E-state index contributed by atoms with van der Waals surface area (Å²) in [6.07, 6.45) is 5.28. The van der Waals surface area contributed by atoms with Gasteiger partial charge in [-0.2, -0.15) is 0 Å². The number of aryl methyl sites for hydroxylation is 1. The van der Waals surface area contributed by atoms with Crippen molar-refractivity contribution in [2.24, 2.45) is 10.9 Å². The maximum absolute atomic E-state index is 4.86. The molecule has 22 heavy (non-hydrogen) atoms. The van der Waals surface area contributed by atoms with Crippen LogP contribution in [0.2, 0.25) is 0 Å². The highest BCUT2D eigenvalue weighted by molar-refractivity contribution is 14.0. The number of nitrogens with zero attached hydrogens (tertiary/aromatic N) is 1. The van der Waals surface area contributed by atoms with Gasteiger partial charge >= 0.3 is 0 Å². The first kappa shape index (κ1) is 17.6. The molecule has 0 unspecified atom stereocenters. The minimum atomic E-state index is 0. The minimum Gasteiger partial charge on any atom is -0.357 e. The molecule has 2 aliphatic rings. The van der Waals surface area contributed by atoms with Crippen molar-refractivity contribution in [1.82, 2.24) is 10.6 Å². The number of aliphatic imine (C=N–C) groups is 1. The lowest BCUT2D eigenvalue weighted by Gasteiger charge is -2.17. The van der Waals surface area contributed by atoms with Gasteiger partial charge in [-0.25, -0.2) is 0 Å². The lowest BCUT2D eigenvalue weighted by Crippen LogP contribution is -2.39. The summed E-state index contributed by atoms with van der Waals surface area (Å²) in [7, 11) is 0. The summed E-state index contributed by atoms with van der Waals surface area (Å²) in [5.41, 5.74) is 3.20. The average molecular weight is 413 g/mol. The van der Waals surface area contributed by atoms with Crippen molar-refractivity contribution >= 4 is 29.9 Å². The molecule has 0 heterocycles. The van der Waals surface area contributed by atoms with Crippen LogP contribution in [-0.4, -0.2) is 25.6 Å². The molecule has 2 saturated carbocycles. The number of halogens is 1. The Hall–Kier alpha value is -0.780. The third kappa shape index (κ3) is 4.37. The zero-order valence-corrected chi connectivity index (χ0v) is 16.0. The summed E-state index contributed by atoms with van der Waals surface area (Å²) in [4.78, 5) is 4.86. The smallest absolute Gasteiger partial charge is 0.191 e. The first-order valence-corrected chi connectivity index (χ1v) is 8.32. The van der Waals surface area contributed by atoms with E-state index in [0.29, 0.717) is 5.41 Å². The molecule has 2 aliphatic carbocycles. The van der Waals surface area contributed by atoms with Gasteiger partial charge in [0, 0.05) is 18.5 Å². The Kier molecular flexibility index (Phi) is 6.12. The van der Waals surface area contributed by atoms with Crippen molar-refractivity contribution in [2.45, 2.75) is 44.9 Å². The molecule has 4 heteroatoms. The highest BCUT2D eigenvalue weighted by atomic mass is 127. The van der Waals surface area contributed by atoms with Crippen LogP contribution in [0, 0.1) is 12.8 Å². The summed E-state index contributed by atoms with van der Waals surface area (Å²) >= 11 is 0. The number of rotatable bonds is 6. The van der Waals surface area contributed by atoms with Gasteiger partial charge in [0.1, 0.15) is 0 Å². The molecule has 0 radical (unpaired) electrons. The van der Waals surface area contributed by atoms with Crippen LogP contribution >= 0.6 is 24.0 Å². The van der Waals surface area contributed by atoms with Crippen LogP contribution in [0.3, 0.4) is 0 Å². The molecule has 0 amide bonds. The van der Waals surface area contributed by atoms with Crippen molar-refractivity contribution in [3.05, 3.63) is 35.4 Å². The number of benzene rings is 1. The molecular weight excluding hydrogens is 385 g/mol. The van der Waals surface area contributed by atoms with E-state index in [1.807, 2.05) is 0 Å². The van der Waals surface area contributed by atoms with Crippen molar-refractivity contribution in [1.29, 1.82) is 0 Å². The highest BCUT2D eigenvalue weighted by Crippen LogP contribution is 2.49. The van der Waals surface area contributed by atoms with Gasteiger partial charge < -0.3 is 10.6 Å². The molecule has 0 spiro atoms. The second-order valence-corrected chi connectivity index (χ2v) is 6.61. The number of hydrogen-bond donors (Lipinski definition) is 2. The van der Waals surface area contributed by atoms with Crippen LogP contribution in [-0.2, 0) is 5.41 Å². The van der Waals surface area contributed by atoms with Crippen molar-refractivity contribution in [3.8, 4) is 0 Å². The Balaban J connectivity index is 0.00000176. The SMILES string of the molecule is CCNC(=NCC1(c2ccccc2C)CC1)NCC1CC1.I. The number of nitrogens with one attached hydrogen (secondary N) is 2. The highest BCUT2D eigenvalue weighted by Gasteiger charge is 2.44.